The van der Waals surface area contributed by atoms with E-state index < -0.39 is 0 Å². The van der Waals surface area contributed by atoms with Crippen LogP contribution >= 0.6 is 12.6 Å². The molecule has 17 heavy (non-hydrogen) atoms. The van der Waals surface area contributed by atoms with E-state index in [0.717, 1.165) is 12.3 Å². The van der Waals surface area contributed by atoms with Gasteiger partial charge in [0.1, 0.15) is 0 Å². The van der Waals surface area contributed by atoms with Gasteiger partial charge < -0.3 is 4.90 Å². The fourth-order valence-corrected chi connectivity index (χ4v) is 3.01. The molecule has 1 aliphatic heterocycles. The summed E-state index contributed by atoms with van der Waals surface area (Å²) in [6, 6.07) is 10.8. The van der Waals surface area contributed by atoms with Crippen LogP contribution in [0.2, 0.25) is 0 Å². The van der Waals surface area contributed by atoms with Crippen LogP contribution in [-0.4, -0.2) is 30.3 Å². The van der Waals surface area contributed by atoms with Crippen molar-refractivity contribution >= 4 is 12.6 Å². The Balaban J connectivity index is 1.97. The normalized spacial score (nSPS) is 21.6. The van der Waals surface area contributed by atoms with Crippen molar-refractivity contribution in [2.45, 2.75) is 26.2 Å². The lowest BCUT2D eigenvalue weighted by Gasteiger charge is -2.24. The smallest absolute Gasteiger partial charge is 0.00584 e. The van der Waals surface area contributed by atoms with Crippen molar-refractivity contribution in [2.75, 3.05) is 25.4 Å². The Bertz CT molecular complexity index is 347. The summed E-state index contributed by atoms with van der Waals surface area (Å²) in [5, 5.41) is 0. The predicted molar refractivity (Wildman–Crippen MR) is 77.9 cm³/mol. The highest BCUT2D eigenvalue weighted by Crippen LogP contribution is 2.30. The summed E-state index contributed by atoms with van der Waals surface area (Å²) >= 11 is 4.52. The first kappa shape index (κ1) is 13.0. The highest BCUT2D eigenvalue weighted by molar-refractivity contribution is 7.80. The number of rotatable bonds is 4. The molecule has 1 saturated heterocycles. The van der Waals surface area contributed by atoms with Gasteiger partial charge >= 0.3 is 0 Å². The molecule has 1 aliphatic rings. The molecule has 1 nitrogen and oxygen atoms in total. The summed E-state index contributed by atoms with van der Waals surface area (Å²) in [6.07, 6.45) is 1.32. The van der Waals surface area contributed by atoms with Crippen LogP contribution in [0, 0.1) is 5.41 Å². The molecule has 1 aromatic carbocycles. The molecule has 0 aliphatic carbocycles. The molecule has 1 fully saturated rings. The molecule has 0 spiro atoms. The third-order valence-corrected chi connectivity index (χ3v) is 4.17. The van der Waals surface area contributed by atoms with E-state index in [4.69, 9.17) is 0 Å². The second-order valence-electron chi connectivity index (χ2n) is 5.94. The predicted octanol–water partition coefficient (Wildman–Crippen LogP) is 3.43. The molecule has 0 aromatic heterocycles. The van der Waals surface area contributed by atoms with Crippen LogP contribution in [0.5, 0.6) is 0 Å². The topological polar surface area (TPSA) is 3.24 Å². The van der Waals surface area contributed by atoms with E-state index in [1.807, 2.05) is 0 Å². The second kappa shape index (κ2) is 5.45. The average molecular weight is 249 g/mol. The zero-order valence-electron chi connectivity index (χ0n) is 10.9. The van der Waals surface area contributed by atoms with Gasteiger partial charge in [0.25, 0.3) is 0 Å². The lowest BCUT2D eigenvalue weighted by atomic mass is 9.93. The number of hydrogen-bond acceptors (Lipinski definition) is 2. The Morgan fingerprint density at radius 2 is 2.00 bits per heavy atom. The number of nitrogens with zero attached hydrogens (tertiary/aromatic N) is 1. The molecular weight excluding hydrogens is 226 g/mol. The fraction of sp³-hybridized carbons (Fsp3) is 0.600. The zero-order valence-corrected chi connectivity index (χ0v) is 11.8. The third-order valence-electron chi connectivity index (χ3n) is 3.73. The van der Waals surface area contributed by atoms with Gasteiger partial charge in [-0.3, -0.25) is 0 Å². The standard InChI is InChI=1S/C15H23NS/c1-15(2)8-9-16(12-15)10-14(11-17)13-6-4-3-5-7-13/h3-7,14,17H,8-12H2,1-2H3. The van der Waals surface area contributed by atoms with E-state index in [2.05, 4.69) is 61.7 Å². The van der Waals surface area contributed by atoms with Crippen molar-refractivity contribution in [3.05, 3.63) is 35.9 Å². The van der Waals surface area contributed by atoms with E-state index >= 15 is 0 Å². The van der Waals surface area contributed by atoms with Gasteiger partial charge in [-0.15, -0.1) is 0 Å². The number of thiol groups is 1. The maximum atomic E-state index is 4.52. The van der Waals surface area contributed by atoms with E-state index in [-0.39, 0.29) is 0 Å². The van der Waals surface area contributed by atoms with Crippen molar-refractivity contribution < 1.29 is 0 Å². The molecule has 2 rings (SSSR count). The lowest BCUT2D eigenvalue weighted by Crippen LogP contribution is -2.28. The van der Waals surface area contributed by atoms with Crippen molar-refractivity contribution in [3.63, 3.8) is 0 Å². The van der Waals surface area contributed by atoms with Gasteiger partial charge in [-0.25, -0.2) is 0 Å². The Morgan fingerprint density at radius 1 is 1.29 bits per heavy atom. The molecule has 2 heteroatoms. The summed E-state index contributed by atoms with van der Waals surface area (Å²) in [4.78, 5) is 2.59. The lowest BCUT2D eigenvalue weighted by molar-refractivity contribution is 0.280. The maximum absolute atomic E-state index is 4.52. The largest absolute Gasteiger partial charge is 0.302 e. The van der Waals surface area contributed by atoms with Crippen LogP contribution in [0.15, 0.2) is 30.3 Å². The minimum absolute atomic E-state index is 0.498. The highest BCUT2D eigenvalue weighted by Gasteiger charge is 2.30. The first-order chi connectivity index (χ1) is 8.11. The van der Waals surface area contributed by atoms with Gasteiger partial charge in [0.15, 0.2) is 0 Å². The van der Waals surface area contributed by atoms with Crippen molar-refractivity contribution in [1.29, 1.82) is 0 Å². The molecule has 0 bridgehead atoms. The summed E-state index contributed by atoms with van der Waals surface area (Å²) in [7, 11) is 0. The summed E-state index contributed by atoms with van der Waals surface area (Å²) in [5.41, 5.74) is 1.92. The Kier molecular flexibility index (Phi) is 4.16. The SMILES string of the molecule is CC1(C)CCN(CC(CS)c2ccccc2)C1. The minimum atomic E-state index is 0.498. The summed E-state index contributed by atoms with van der Waals surface area (Å²) < 4.78 is 0. The number of likely N-dealkylation sites (tertiary alicyclic amines) is 1. The number of hydrogen-bond donors (Lipinski definition) is 1. The highest BCUT2D eigenvalue weighted by atomic mass is 32.1. The monoisotopic (exact) mass is 249 g/mol. The Hall–Kier alpha value is -0.470. The molecule has 94 valence electrons. The summed E-state index contributed by atoms with van der Waals surface area (Å²) in [6.45, 7) is 8.35. The maximum Gasteiger partial charge on any atom is 0.00584 e. The first-order valence-corrected chi connectivity index (χ1v) is 7.12. The van der Waals surface area contributed by atoms with Gasteiger partial charge in [-0.05, 0) is 29.7 Å². The molecular formula is C15H23NS. The molecule has 1 unspecified atom stereocenters. The van der Waals surface area contributed by atoms with E-state index in [0.29, 0.717) is 11.3 Å². The van der Waals surface area contributed by atoms with E-state index in [9.17, 15) is 0 Å². The van der Waals surface area contributed by atoms with Gasteiger partial charge in [0, 0.05) is 19.0 Å². The third kappa shape index (κ3) is 3.49. The minimum Gasteiger partial charge on any atom is -0.302 e. The average Bonchev–Trinajstić information content (AvgIpc) is 2.67. The van der Waals surface area contributed by atoms with Crippen molar-refractivity contribution in [2.24, 2.45) is 5.41 Å². The van der Waals surface area contributed by atoms with Gasteiger partial charge in [-0.2, -0.15) is 12.6 Å². The molecule has 0 amide bonds. The summed E-state index contributed by atoms with van der Waals surface area (Å²) in [5.74, 6) is 1.49. The molecule has 0 N–H and O–H groups in total. The van der Waals surface area contributed by atoms with E-state index in [1.54, 1.807) is 0 Å². The van der Waals surface area contributed by atoms with E-state index in [1.165, 1.54) is 25.1 Å². The fourth-order valence-electron chi connectivity index (χ4n) is 2.69. The molecule has 1 heterocycles. The molecule has 1 atom stereocenters. The molecule has 0 saturated carbocycles. The molecule has 1 aromatic rings. The Morgan fingerprint density at radius 3 is 2.53 bits per heavy atom. The molecule has 0 radical (unpaired) electrons. The van der Waals surface area contributed by atoms with Crippen LogP contribution in [0.4, 0.5) is 0 Å². The Labute approximate surface area is 111 Å². The first-order valence-electron chi connectivity index (χ1n) is 6.49. The van der Waals surface area contributed by atoms with Crippen LogP contribution in [0.3, 0.4) is 0 Å². The van der Waals surface area contributed by atoms with Crippen LogP contribution < -0.4 is 0 Å². The van der Waals surface area contributed by atoms with Gasteiger partial charge in [0.05, 0.1) is 0 Å². The van der Waals surface area contributed by atoms with Crippen molar-refractivity contribution in [3.8, 4) is 0 Å². The quantitative estimate of drug-likeness (QED) is 0.800. The van der Waals surface area contributed by atoms with Crippen LogP contribution in [0.1, 0.15) is 31.7 Å². The van der Waals surface area contributed by atoms with Crippen LogP contribution in [-0.2, 0) is 0 Å². The van der Waals surface area contributed by atoms with Crippen molar-refractivity contribution in [1.82, 2.24) is 4.90 Å². The second-order valence-corrected chi connectivity index (χ2v) is 6.30. The van der Waals surface area contributed by atoms with Crippen LogP contribution in [0.25, 0.3) is 0 Å². The zero-order chi connectivity index (χ0) is 12.3. The number of benzene rings is 1. The van der Waals surface area contributed by atoms with Gasteiger partial charge in [0.2, 0.25) is 0 Å². The van der Waals surface area contributed by atoms with Gasteiger partial charge in [-0.1, -0.05) is 44.2 Å².